The Morgan fingerprint density at radius 2 is 2.15 bits per heavy atom. The molecule has 5 nitrogen and oxygen atoms in total. The molecule has 0 aliphatic rings. The zero-order chi connectivity index (χ0) is 10.5. The van der Waals surface area contributed by atoms with E-state index in [1.165, 1.54) is 0 Å². The molecule has 78 valence electrons. The van der Waals surface area contributed by atoms with Crippen LogP contribution in [-0.4, -0.2) is 40.8 Å². The van der Waals surface area contributed by atoms with Gasteiger partial charge in [-0.05, 0) is 20.8 Å². The first-order valence-electron chi connectivity index (χ1n) is 4.26. The summed E-state index contributed by atoms with van der Waals surface area (Å²) in [7, 11) is 0. The van der Waals surface area contributed by atoms with Crippen LogP contribution in [0.25, 0.3) is 0 Å². The summed E-state index contributed by atoms with van der Waals surface area (Å²) < 4.78 is 0. The third-order valence-corrected chi connectivity index (χ3v) is 2.11. The fourth-order valence-electron chi connectivity index (χ4n) is 0.709. The van der Waals surface area contributed by atoms with Crippen molar-refractivity contribution in [1.82, 2.24) is 5.32 Å². The van der Waals surface area contributed by atoms with Gasteiger partial charge in [-0.15, -0.1) is 0 Å². The van der Waals surface area contributed by atoms with Gasteiger partial charge in [0.2, 0.25) is 0 Å². The van der Waals surface area contributed by atoms with Crippen LogP contribution in [0.15, 0.2) is 5.16 Å². The summed E-state index contributed by atoms with van der Waals surface area (Å²) >= 11 is 0. The van der Waals surface area contributed by atoms with E-state index < -0.39 is 11.6 Å². The molecule has 0 aromatic rings. The number of nitrogens with one attached hydrogen (secondary N) is 1. The molecule has 0 aliphatic carbocycles. The number of aliphatic hydroxyl groups is 1. The smallest absolute Gasteiger partial charge is 0.0786 e. The first-order chi connectivity index (χ1) is 5.94. The van der Waals surface area contributed by atoms with Crippen LogP contribution in [-0.2, 0) is 0 Å². The Balaban J connectivity index is 4.03. The zero-order valence-corrected chi connectivity index (χ0v) is 8.41. The summed E-state index contributed by atoms with van der Waals surface area (Å²) in [4.78, 5) is 0. The Kier molecular flexibility index (Phi) is 4.90. The van der Waals surface area contributed by atoms with E-state index in [0.717, 1.165) is 0 Å². The van der Waals surface area contributed by atoms with Crippen molar-refractivity contribution in [2.75, 3.05) is 13.1 Å². The lowest BCUT2D eigenvalue weighted by Gasteiger charge is -2.26. The second-order valence-electron chi connectivity index (χ2n) is 3.58. The Labute approximate surface area is 78.6 Å². The van der Waals surface area contributed by atoms with Gasteiger partial charge in [0.15, 0.2) is 0 Å². The molecule has 5 heteroatoms. The minimum Gasteiger partial charge on any atom is -0.411 e. The molecule has 0 aromatic heterocycles. The van der Waals surface area contributed by atoms with Gasteiger partial charge in [-0.1, -0.05) is 5.16 Å². The van der Waals surface area contributed by atoms with Crippen LogP contribution < -0.4 is 11.1 Å². The quantitative estimate of drug-likeness (QED) is 0.267. The highest BCUT2D eigenvalue weighted by Gasteiger charge is 2.21. The maximum Gasteiger partial charge on any atom is 0.0786 e. The zero-order valence-electron chi connectivity index (χ0n) is 8.41. The van der Waals surface area contributed by atoms with Gasteiger partial charge in [0.05, 0.1) is 17.4 Å². The van der Waals surface area contributed by atoms with Crippen molar-refractivity contribution in [1.29, 1.82) is 0 Å². The number of hydrogen-bond donors (Lipinski definition) is 4. The van der Waals surface area contributed by atoms with Crippen LogP contribution in [0.1, 0.15) is 20.8 Å². The number of hydrogen-bond acceptors (Lipinski definition) is 5. The molecule has 0 heterocycles. The molecule has 1 unspecified atom stereocenters. The van der Waals surface area contributed by atoms with Gasteiger partial charge >= 0.3 is 0 Å². The molecule has 0 aliphatic heterocycles. The molecule has 0 radical (unpaired) electrons. The fraction of sp³-hybridized carbons (Fsp3) is 0.875. The van der Waals surface area contributed by atoms with E-state index in [1.54, 1.807) is 6.92 Å². The normalized spacial score (nSPS) is 15.9. The Hall–Kier alpha value is -0.650. The molecule has 0 bridgehead atoms. The highest BCUT2D eigenvalue weighted by atomic mass is 16.4. The SMILES string of the molecule is C/C(=N\O)C(C)(C)NCC(O)CN. The average molecular weight is 189 g/mol. The van der Waals surface area contributed by atoms with E-state index in [4.69, 9.17) is 10.9 Å². The van der Waals surface area contributed by atoms with Gasteiger partial charge in [-0.2, -0.15) is 0 Å². The van der Waals surface area contributed by atoms with Crippen LogP contribution in [0, 0.1) is 0 Å². The molecule has 0 saturated carbocycles. The highest BCUT2D eigenvalue weighted by molar-refractivity contribution is 5.90. The van der Waals surface area contributed by atoms with Crippen molar-refractivity contribution in [3.63, 3.8) is 0 Å². The third kappa shape index (κ3) is 4.21. The molecule has 13 heavy (non-hydrogen) atoms. The van der Waals surface area contributed by atoms with Crippen molar-refractivity contribution >= 4 is 5.71 Å². The number of rotatable bonds is 5. The van der Waals surface area contributed by atoms with Gasteiger partial charge in [0, 0.05) is 13.1 Å². The Bertz CT molecular complexity index is 180. The topological polar surface area (TPSA) is 90.9 Å². The van der Waals surface area contributed by atoms with E-state index in [9.17, 15) is 5.11 Å². The van der Waals surface area contributed by atoms with Crippen molar-refractivity contribution in [2.45, 2.75) is 32.4 Å². The van der Waals surface area contributed by atoms with Crippen molar-refractivity contribution < 1.29 is 10.3 Å². The van der Waals surface area contributed by atoms with Gasteiger partial charge < -0.3 is 21.4 Å². The highest BCUT2D eigenvalue weighted by Crippen LogP contribution is 2.04. The second-order valence-corrected chi connectivity index (χ2v) is 3.58. The monoisotopic (exact) mass is 189 g/mol. The minimum atomic E-state index is -0.564. The van der Waals surface area contributed by atoms with Crippen LogP contribution in [0.5, 0.6) is 0 Å². The van der Waals surface area contributed by atoms with Gasteiger partial charge in [0.1, 0.15) is 0 Å². The maximum atomic E-state index is 9.19. The summed E-state index contributed by atoms with van der Waals surface area (Å²) in [5, 5.41) is 23.9. The molecule has 0 amide bonds. The van der Waals surface area contributed by atoms with Gasteiger partial charge in [-0.25, -0.2) is 0 Å². The molecule has 1 atom stereocenters. The Morgan fingerprint density at radius 1 is 1.62 bits per heavy atom. The first-order valence-corrected chi connectivity index (χ1v) is 4.26. The van der Waals surface area contributed by atoms with E-state index in [0.29, 0.717) is 12.3 Å². The van der Waals surface area contributed by atoms with E-state index in [1.807, 2.05) is 13.8 Å². The molecule has 0 rings (SSSR count). The van der Waals surface area contributed by atoms with Gasteiger partial charge in [-0.3, -0.25) is 0 Å². The van der Waals surface area contributed by atoms with Crippen molar-refractivity contribution in [3.8, 4) is 0 Å². The molecule has 0 fully saturated rings. The summed E-state index contributed by atoms with van der Waals surface area (Å²) in [6.45, 7) is 6.05. The molecular weight excluding hydrogens is 170 g/mol. The summed E-state index contributed by atoms with van der Waals surface area (Å²) in [5.41, 5.74) is 5.38. The van der Waals surface area contributed by atoms with Crippen molar-refractivity contribution in [3.05, 3.63) is 0 Å². The Morgan fingerprint density at radius 3 is 2.54 bits per heavy atom. The lowest BCUT2D eigenvalue weighted by atomic mass is 9.99. The number of nitrogens with zero attached hydrogens (tertiary/aromatic N) is 1. The predicted molar refractivity (Wildman–Crippen MR) is 52.0 cm³/mol. The number of β-amino-alcohol motifs (C(OH)–C–C–N with tert-alkyl or cyclic N) is 1. The predicted octanol–water partition coefficient (Wildman–Crippen LogP) is -0.476. The number of oxime groups is 1. The first kappa shape index (κ1) is 12.3. The second kappa shape index (κ2) is 5.16. The number of nitrogens with two attached hydrogens (primary N) is 1. The van der Waals surface area contributed by atoms with Crippen LogP contribution in [0.3, 0.4) is 0 Å². The number of aliphatic hydroxyl groups excluding tert-OH is 1. The minimum absolute atomic E-state index is 0.221. The average Bonchev–Trinajstić information content (AvgIpc) is 2.12. The van der Waals surface area contributed by atoms with Crippen LogP contribution in [0.4, 0.5) is 0 Å². The summed E-state index contributed by atoms with van der Waals surface area (Å²) in [6.07, 6.45) is -0.564. The molecule has 5 N–H and O–H groups in total. The molecular formula is C8H19N3O2. The maximum absolute atomic E-state index is 9.19. The van der Waals surface area contributed by atoms with Crippen molar-refractivity contribution in [2.24, 2.45) is 10.9 Å². The van der Waals surface area contributed by atoms with Crippen LogP contribution >= 0.6 is 0 Å². The summed E-state index contributed by atoms with van der Waals surface area (Å²) in [6, 6.07) is 0. The largest absolute Gasteiger partial charge is 0.411 e. The molecule has 0 saturated heterocycles. The lowest BCUT2D eigenvalue weighted by Crippen LogP contribution is -2.49. The lowest BCUT2D eigenvalue weighted by molar-refractivity contribution is 0.172. The van der Waals surface area contributed by atoms with E-state index in [2.05, 4.69) is 10.5 Å². The van der Waals surface area contributed by atoms with E-state index in [-0.39, 0.29) is 6.54 Å². The van der Waals surface area contributed by atoms with Crippen LogP contribution in [0.2, 0.25) is 0 Å². The summed E-state index contributed by atoms with van der Waals surface area (Å²) in [5.74, 6) is 0. The molecule has 0 spiro atoms. The van der Waals surface area contributed by atoms with Gasteiger partial charge in [0.25, 0.3) is 0 Å². The standard InChI is InChI=1S/C8H19N3O2/c1-6(11-13)8(2,3)10-5-7(12)4-9/h7,10,12-13H,4-5,9H2,1-3H3/b11-6+. The fourth-order valence-corrected chi connectivity index (χ4v) is 0.709. The molecule has 0 aromatic carbocycles. The third-order valence-electron chi connectivity index (χ3n) is 2.11. The van der Waals surface area contributed by atoms with E-state index >= 15 is 0 Å².